The molecule has 0 fully saturated rings. The van der Waals surface area contributed by atoms with E-state index in [1.54, 1.807) is 11.3 Å². The Morgan fingerprint density at radius 1 is 1.08 bits per heavy atom. The summed E-state index contributed by atoms with van der Waals surface area (Å²) in [6.45, 7) is 3.67. The number of amides is 1. The summed E-state index contributed by atoms with van der Waals surface area (Å²) >= 11 is 1.54. The van der Waals surface area contributed by atoms with Gasteiger partial charge in [-0.1, -0.05) is 48.0 Å². The molecule has 0 spiro atoms. The Kier molecular flexibility index (Phi) is 6.15. The van der Waals surface area contributed by atoms with Crippen molar-refractivity contribution in [2.45, 2.75) is 26.4 Å². The molecule has 0 unspecified atom stereocenters. The lowest BCUT2D eigenvalue weighted by Gasteiger charge is -2.15. The van der Waals surface area contributed by atoms with Crippen LogP contribution in [0.5, 0.6) is 0 Å². The number of thiazole rings is 1. The molecule has 0 saturated carbocycles. The molecule has 0 atom stereocenters. The van der Waals surface area contributed by atoms with E-state index < -0.39 is 0 Å². The van der Waals surface area contributed by atoms with Gasteiger partial charge in [-0.3, -0.25) is 9.69 Å². The third-order valence-electron chi connectivity index (χ3n) is 3.97. The molecular weight excluding hydrogens is 342 g/mol. The predicted molar refractivity (Wildman–Crippen MR) is 107 cm³/mol. The summed E-state index contributed by atoms with van der Waals surface area (Å²) in [5, 5.41) is 5.80. The Balaban J connectivity index is 1.50. The monoisotopic (exact) mass is 365 g/mol. The first-order valence-electron chi connectivity index (χ1n) is 8.61. The van der Waals surface area contributed by atoms with Gasteiger partial charge in [0.25, 0.3) is 0 Å². The fourth-order valence-corrected chi connectivity index (χ4v) is 3.49. The maximum absolute atomic E-state index is 12.2. The number of hydrogen-bond donors (Lipinski definition) is 1. The average Bonchev–Trinajstić information content (AvgIpc) is 3.04. The Morgan fingerprint density at radius 3 is 2.54 bits per heavy atom. The van der Waals surface area contributed by atoms with Gasteiger partial charge < -0.3 is 5.32 Å². The minimum Gasteiger partial charge on any atom is -0.326 e. The molecule has 5 heteroatoms. The van der Waals surface area contributed by atoms with E-state index in [1.165, 1.54) is 11.1 Å². The van der Waals surface area contributed by atoms with Crippen LogP contribution in [0.3, 0.4) is 0 Å². The Labute approximate surface area is 158 Å². The van der Waals surface area contributed by atoms with Crippen LogP contribution in [0.15, 0.2) is 60.0 Å². The van der Waals surface area contributed by atoms with Crippen molar-refractivity contribution >= 4 is 22.9 Å². The van der Waals surface area contributed by atoms with Gasteiger partial charge in [0.1, 0.15) is 5.01 Å². The van der Waals surface area contributed by atoms with Crippen LogP contribution in [0.4, 0.5) is 5.69 Å². The topological polar surface area (TPSA) is 45.2 Å². The van der Waals surface area contributed by atoms with Crippen LogP contribution < -0.4 is 5.32 Å². The Morgan fingerprint density at radius 2 is 1.81 bits per heavy atom. The number of aryl methyl sites for hydroxylation is 1. The van der Waals surface area contributed by atoms with Crippen molar-refractivity contribution in [3.8, 4) is 0 Å². The molecule has 2 aromatic carbocycles. The van der Waals surface area contributed by atoms with Crippen molar-refractivity contribution in [2.24, 2.45) is 0 Å². The second kappa shape index (κ2) is 8.74. The SMILES string of the molecule is Cc1ccc(NC(=O)Cc2nc(CN(C)Cc3ccccc3)cs2)cc1. The van der Waals surface area contributed by atoms with Crippen LogP contribution in [0, 0.1) is 6.92 Å². The van der Waals surface area contributed by atoms with E-state index in [1.807, 2.05) is 42.6 Å². The molecule has 1 N–H and O–H groups in total. The van der Waals surface area contributed by atoms with Crippen LogP contribution in [-0.2, 0) is 24.3 Å². The number of nitrogens with zero attached hydrogens (tertiary/aromatic N) is 2. The average molecular weight is 366 g/mol. The first-order valence-corrected chi connectivity index (χ1v) is 9.49. The molecule has 1 amide bonds. The summed E-state index contributed by atoms with van der Waals surface area (Å²) in [7, 11) is 2.08. The van der Waals surface area contributed by atoms with Crippen LogP contribution in [-0.4, -0.2) is 22.8 Å². The molecule has 0 radical (unpaired) electrons. The number of carbonyl (C=O) groups is 1. The number of nitrogens with one attached hydrogen (secondary N) is 1. The smallest absolute Gasteiger partial charge is 0.231 e. The summed E-state index contributed by atoms with van der Waals surface area (Å²) in [6, 6.07) is 18.2. The normalized spacial score (nSPS) is 10.9. The van der Waals surface area contributed by atoms with Gasteiger partial charge in [-0.25, -0.2) is 4.98 Å². The summed E-state index contributed by atoms with van der Waals surface area (Å²) in [5.74, 6) is -0.0348. The zero-order valence-corrected chi connectivity index (χ0v) is 15.9. The molecule has 134 valence electrons. The van der Waals surface area contributed by atoms with E-state index in [4.69, 9.17) is 0 Å². The molecular formula is C21H23N3OS. The van der Waals surface area contributed by atoms with E-state index in [0.29, 0.717) is 6.42 Å². The largest absolute Gasteiger partial charge is 0.326 e. The van der Waals surface area contributed by atoms with Gasteiger partial charge in [0.15, 0.2) is 0 Å². The van der Waals surface area contributed by atoms with Crippen molar-refractivity contribution in [2.75, 3.05) is 12.4 Å². The molecule has 3 aromatic rings. The van der Waals surface area contributed by atoms with Crippen molar-refractivity contribution in [1.82, 2.24) is 9.88 Å². The van der Waals surface area contributed by atoms with Crippen LogP contribution in [0.1, 0.15) is 21.8 Å². The fraction of sp³-hybridized carbons (Fsp3) is 0.238. The van der Waals surface area contributed by atoms with Crippen molar-refractivity contribution in [3.05, 3.63) is 81.8 Å². The third kappa shape index (κ3) is 5.51. The van der Waals surface area contributed by atoms with Gasteiger partial charge in [0.05, 0.1) is 12.1 Å². The zero-order chi connectivity index (χ0) is 18.4. The van der Waals surface area contributed by atoms with Crippen molar-refractivity contribution in [1.29, 1.82) is 0 Å². The second-order valence-electron chi connectivity index (χ2n) is 6.48. The molecule has 0 aliphatic rings. The summed E-state index contributed by atoms with van der Waals surface area (Å²) in [4.78, 5) is 19.0. The molecule has 1 heterocycles. The number of hydrogen-bond acceptors (Lipinski definition) is 4. The highest BCUT2D eigenvalue weighted by molar-refractivity contribution is 7.09. The molecule has 4 nitrogen and oxygen atoms in total. The Bertz CT molecular complexity index is 843. The van der Waals surface area contributed by atoms with E-state index >= 15 is 0 Å². The number of anilines is 1. The maximum Gasteiger partial charge on any atom is 0.231 e. The summed E-state index contributed by atoms with van der Waals surface area (Å²) < 4.78 is 0. The molecule has 26 heavy (non-hydrogen) atoms. The lowest BCUT2D eigenvalue weighted by atomic mass is 10.2. The molecule has 0 bridgehead atoms. The highest BCUT2D eigenvalue weighted by atomic mass is 32.1. The minimum absolute atomic E-state index is 0.0348. The zero-order valence-electron chi connectivity index (χ0n) is 15.1. The highest BCUT2D eigenvalue weighted by Crippen LogP contribution is 2.15. The van der Waals surface area contributed by atoms with Gasteiger partial charge in [0.2, 0.25) is 5.91 Å². The number of carbonyl (C=O) groups excluding carboxylic acids is 1. The first-order chi connectivity index (χ1) is 12.6. The molecule has 0 aliphatic heterocycles. The van der Waals surface area contributed by atoms with Crippen LogP contribution in [0.25, 0.3) is 0 Å². The van der Waals surface area contributed by atoms with Crippen LogP contribution >= 0.6 is 11.3 Å². The van der Waals surface area contributed by atoms with Crippen LogP contribution in [0.2, 0.25) is 0 Å². The second-order valence-corrected chi connectivity index (χ2v) is 7.42. The predicted octanol–water partition coefficient (Wildman–Crippen LogP) is 4.26. The summed E-state index contributed by atoms with van der Waals surface area (Å²) in [5.41, 5.74) is 4.28. The quantitative estimate of drug-likeness (QED) is 0.680. The number of benzene rings is 2. The standard InChI is InChI=1S/C21H23N3OS/c1-16-8-10-18(11-9-16)22-20(25)12-21-23-19(15-26-21)14-24(2)13-17-6-4-3-5-7-17/h3-11,15H,12-14H2,1-2H3,(H,22,25). The Hall–Kier alpha value is -2.50. The van der Waals surface area contributed by atoms with E-state index in [-0.39, 0.29) is 5.91 Å². The molecule has 1 aromatic heterocycles. The van der Waals surface area contributed by atoms with Crippen molar-refractivity contribution < 1.29 is 4.79 Å². The van der Waals surface area contributed by atoms with Gasteiger partial charge in [0, 0.05) is 24.2 Å². The van der Waals surface area contributed by atoms with Crippen molar-refractivity contribution in [3.63, 3.8) is 0 Å². The molecule has 0 aliphatic carbocycles. The lowest BCUT2D eigenvalue weighted by molar-refractivity contribution is -0.115. The molecule has 0 saturated heterocycles. The first kappa shape index (κ1) is 18.3. The van der Waals surface area contributed by atoms with Gasteiger partial charge >= 0.3 is 0 Å². The van der Waals surface area contributed by atoms with E-state index in [0.717, 1.165) is 29.5 Å². The third-order valence-corrected chi connectivity index (χ3v) is 4.87. The molecule has 3 rings (SSSR count). The van der Waals surface area contributed by atoms with Gasteiger partial charge in [-0.2, -0.15) is 0 Å². The van der Waals surface area contributed by atoms with E-state index in [2.05, 4.69) is 46.5 Å². The van der Waals surface area contributed by atoms with E-state index in [9.17, 15) is 4.79 Å². The minimum atomic E-state index is -0.0348. The van der Waals surface area contributed by atoms with Gasteiger partial charge in [-0.05, 0) is 31.7 Å². The highest BCUT2D eigenvalue weighted by Gasteiger charge is 2.10. The summed E-state index contributed by atoms with van der Waals surface area (Å²) in [6.07, 6.45) is 0.306. The maximum atomic E-state index is 12.2. The number of aromatic nitrogens is 1. The lowest BCUT2D eigenvalue weighted by Crippen LogP contribution is -2.17. The van der Waals surface area contributed by atoms with Gasteiger partial charge in [-0.15, -0.1) is 11.3 Å². The fourth-order valence-electron chi connectivity index (χ4n) is 2.71. The number of rotatable bonds is 7.